The van der Waals surface area contributed by atoms with E-state index < -0.39 is 0 Å². The summed E-state index contributed by atoms with van der Waals surface area (Å²) in [6.07, 6.45) is 6.15. The van der Waals surface area contributed by atoms with Crippen LogP contribution in [-0.2, 0) is 6.42 Å². The van der Waals surface area contributed by atoms with Crippen LogP contribution in [0.15, 0.2) is 17.8 Å². The maximum absolute atomic E-state index is 5.45. The molecule has 1 aromatic rings. The number of hydrogen-bond donors (Lipinski definition) is 1. The molecule has 0 amide bonds. The number of hydrogen-bond acceptors (Lipinski definition) is 3. The third kappa shape index (κ3) is 4.97. The number of nitrogens with one attached hydrogen (secondary N) is 1. The summed E-state index contributed by atoms with van der Waals surface area (Å²) in [5.41, 5.74) is 4.71. The lowest BCUT2D eigenvalue weighted by molar-refractivity contribution is 0.407. The first-order valence-electron chi connectivity index (χ1n) is 7.33. The Kier molecular flexibility index (Phi) is 6.73. The Morgan fingerprint density at radius 3 is 2.70 bits per heavy atom. The molecule has 1 aromatic heterocycles. The van der Waals surface area contributed by atoms with E-state index in [4.69, 9.17) is 4.74 Å². The van der Waals surface area contributed by atoms with Crippen LogP contribution < -0.4 is 10.1 Å². The molecule has 20 heavy (non-hydrogen) atoms. The first kappa shape index (κ1) is 16.7. The largest absolute Gasteiger partial charge is 0.496 e. The highest BCUT2D eigenvalue weighted by molar-refractivity contribution is 5.42. The van der Waals surface area contributed by atoms with Crippen LogP contribution in [-0.4, -0.2) is 24.7 Å². The lowest BCUT2D eigenvalue weighted by atomic mass is 10.0. The predicted molar refractivity (Wildman–Crippen MR) is 85.5 cm³/mol. The summed E-state index contributed by atoms with van der Waals surface area (Å²) in [7, 11) is 1.72. The summed E-state index contributed by atoms with van der Waals surface area (Å²) in [6.45, 7) is 11.6. The second kappa shape index (κ2) is 8.05. The second-order valence-corrected chi connectivity index (χ2v) is 5.67. The molecular weight excluding hydrogens is 248 g/mol. The van der Waals surface area contributed by atoms with Gasteiger partial charge in [-0.25, -0.2) is 0 Å². The molecule has 0 saturated heterocycles. The molecule has 0 atom stereocenters. The summed E-state index contributed by atoms with van der Waals surface area (Å²) in [5.74, 6) is 0.962. The van der Waals surface area contributed by atoms with Gasteiger partial charge in [-0.05, 0) is 33.7 Å². The average Bonchev–Trinajstić information content (AvgIpc) is 2.38. The van der Waals surface area contributed by atoms with Crippen LogP contribution >= 0.6 is 0 Å². The van der Waals surface area contributed by atoms with Gasteiger partial charge in [-0.15, -0.1) is 0 Å². The fraction of sp³-hybridized carbons (Fsp3) is 0.588. The van der Waals surface area contributed by atoms with Crippen LogP contribution in [0.1, 0.15) is 44.0 Å². The number of nitrogens with zero attached hydrogens (tertiary/aromatic N) is 1. The zero-order valence-corrected chi connectivity index (χ0v) is 13.7. The molecule has 0 radical (unpaired) electrons. The van der Waals surface area contributed by atoms with Gasteiger partial charge in [0.25, 0.3) is 0 Å². The summed E-state index contributed by atoms with van der Waals surface area (Å²) in [6, 6.07) is 0.550. The van der Waals surface area contributed by atoms with Crippen molar-refractivity contribution >= 4 is 0 Å². The van der Waals surface area contributed by atoms with Crippen molar-refractivity contribution in [3.8, 4) is 5.75 Å². The molecule has 0 saturated carbocycles. The van der Waals surface area contributed by atoms with E-state index in [0.29, 0.717) is 6.04 Å². The van der Waals surface area contributed by atoms with Gasteiger partial charge in [-0.1, -0.05) is 25.5 Å². The third-order valence-electron chi connectivity index (χ3n) is 3.39. The Labute approximate surface area is 123 Å². The fourth-order valence-electron chi connectivity index (χ4n) is 2.28. The lowest BCUT2D eigenvalue weighted by Crippen LogP contribution is -2.23. The number of methoxy groups -OCH3 is 1. The molecule has 0 aliphatic carbocycles. The number of aryl methyl sites for hydroxylation is 1. The highest BCUT2D eigenvalue weighted by Crippen LogP contribution is 2.25. The van der Waals surface area contributed by atoms with Crippen LogP contribution in [0.5, 0.6) is 5.75 Å². The quantitative estimate of drug-likeness (QED) is 0.610. The van der Waals surface area contributed by atoms with Crippen molar-refractivity contribution in [3.63, 3.8) is 0 Å². The standard InChI is InChI=1S/C17H28N2O/c1-12(2)18-9-7-8-13(3)10-16-15(5)17(20-6)14(4)11-19-16/h8,11-12,18H,7,9-10H2,1-6H3. The van der Waals surface area contributed by atoms with Crippen molar-refractivity contribution in [3.05, 3.63) is 34.7 Å². The van der Waals surface area contributed by atoms with Gasteiger partial charge in [-0.3, -0.25) is 4.98 Å². The van der Waals surface area contributed by atoms with Crippen molar-refractivity contribution in [1.82, 2.24) is 10.3 Å². The van der Waals surface area contributed by atoms with Gasteiger partial charge in [0.2, 0.25) is 0 Å². The Hall–Kier alpha value is -1.35. The number of rotatable bonds is 7. The van der Waals surface area contributed by atoms with Crippen LogP contribution in [0.3, 0.4) is 0 Å². The van der Waals surface area contributed by atoms with E-state index >= 15 is 0 Å². The first-order chi connectivity index (χ1) is 9.45. The molecule has 0 aliphatic heterocycles. The van der Waals surface area contributed by atoms with Gasteiger partial charge in [0.1, 0.15) is 5.75 Å². The summed E-state index contributed by atoms with van der Waals surface area (Å²) in [4.78, 5) is 4.55. The van der Waals surface area contributed by atoms with Crippen LogP contribution in [0.2, 0.25) is 0 Å². The van der Waals surface area contributed by atoms with Crippen molar-refractivity contribution in [1.29, 1.82) is 0 Å². The molecule has 3 heteroatoms. The van der Waals surface area contributed by atoms with Crippen molar-refractivity contribution < 1.29 is 4.74 Å². The maximum Gasteiger partial charge on any atom is 0.128 e. The Morgan fingerprint density at radius 2 is 2.10 bits per heavy atom. The smallest absolute Gasteiger partial charge is 0.128 e. The SMILES string of the molecule is COc1c(C)cnc(CC(C)=CCCNC(C)C)c1C. The minimum absolute atomic E-state index is 0.550. The molecule has 1 N–H and O–H groups in total. The molecule has 0 bridgehead atoms. The maximum atomic E-state index is 5.45. The van der Waals surface area contributed by atoms with Gasteiger partial charge >= 0.3 is 0 Å². The predicted octanol–water partition coefficient (Wildman–Crippen LogP) is 3.58. The number of aromatic nitrogens is 1. The van der Waals surface area contributed by atoms with Crippen LogP contribution in [0, 0.1) is 13.8 Å². The lowest BCUT2D eigenvalue weighted by Gasteiger charge is -2.12. The third-order valence-corrected chi connectivity index (χ3v) is 3.39. The summed E-state index contributed by atoms with van der Waals surface area (Å²) < 4.78 is 5.45. The minimum atomic E-state index is 0.550. The average molecular weight is 276 g/mol. The number of ether oxygens (including phenoxy) is 1. The first-order valence-corrected chi connectivity index (χ1v) is 7.33. The van der Waals surface area contributed by atoms with Gasteiger partial charge in [0.15, 0.2) is 0 Å². The molecule has 1 heterocycles. The van der Waals surface area contributed by atoms with E-state index in [1.165, 1.54) is 5.57 Å². The molecule has 0 aliphatic rings. The van der Waals surface area contributed by atoms with E-state index in [9.17, 15) is 0 Å². The molecule has 1 rings (SSSR count). The van der Waals surface area contributed by atoms with E-state index in [2.05, 4.69) is 44.1 Å². The van der Waals surface area contributed by atoms with Crippen molar-refractivity contribution in [2.45, 2.75) is 53.5 Å². The van der Waals surface area contributed by atoms with Crippen molar-refractivity contribution in [2.24, 2.45) is 0 Å². The van der Waals surface area contributed by atoms with E-state index in [1.54, 1.807) is 7.11 Å². The highest BCUT2D eigenvalue weighted by Gasteiger charge is 2.09. The summed E-state index contributed by atoms with van der Waals surface area (Å²) in [5, 5.41) is 3.42. The van der Waals surface area contributed by atoms with Gasteiger partial charge in [0.05, 0.1) is 12.8 Å². The second-order valence-electron chi connectivity index (χ2n) is 5.67. The van der Waals surface area contributed by atoms with Crippen molar-refractivity contribution in [2.75, 3.05) is 13.7 Å². The van der Waals surface area contributed by atoms with E-state index in [1.807, 2.05) is 13.1 Å². The zero-order chi connectivity index (χ0) is 15.1. The molecule has 3 nitrogen and oxygen atoms in total. The minimum Gasteiger partial charge on any atom is -0.496 e. The number of allylic oxidation sites excluding steroid dienone is 1. The van der Waals surface area contributed by atoms with Crippen LogP contribution in [0.25, 0.3) is 0 Å². The van der Waals surface area contributed by atoms with Gasteiger partial charge in [0, 0.05) is 29.8 Å². The highest BCUT2D eigenvalue weighted by atomic mass is 16.5. The van der Waals surface area contributed by atoms with E-state index in [-0.39, 0.29) is 0 Å². The number of pyridine rings is 1. The van der Waals surface area contributed by atoms with E-state index in [0.717, 1.165) is 42.0 Å². The van der Waals surface area contributed by atoms with Gasteiger partial charge < -0.3 is 10.1 Å². The summed E-state index contributed by atoms with van der Waals surface area (Å²) >= 11 is 0. The molecule has 0 fully saturated rings. The Balaban J connectivity index is 2.66. The molecule has 0 unspecified atom stereocenters. The monoisotopic (exact) mass is 276 g/mol. The zero-order valence-electron chi connectivity index (χ0n) is 13.7. The molecule has 0 aromatic carbocycles. The van der Waals surface area contributed by atoms with Gasteiger partial charge in [-0.2, -0.15) is 0 Å². The normalized spacial score (nSPS) is 12.1. The topological polar surface area (TPSA) is 34.1 Å². The Morgan fingerprint density at radius 1 is 1.40 bits per heavy atom. The molecular formula is C17H28N2O. The van der Waals surface area contributed by atoms with Crippen LogP contribution in [0.4, 0.5) is 0 Å². The Bertz CT molecular complexity index is 464. The molecule has 0 spiro atoms. The fourth-order valence-corrected chi connectivity index (χ4v) is 2.28. The molecule has 112 valence electrons.